The lowest BCUT2D eigenvalue weighted by Crippen LogP contribution is -2.31. The largest absolute Gasteiger partial charge is 0.274 e. The number of amides is 1. The maximum atomic E-state index is 13.5. The molecular formula is C27H23ClN2O. The van der Waals surface area contributed by atoms with E-state index in [1.54, 1.807) is 29.3 Å². The van der Waals surface area contributed by atoms with Gasteiger partial charge in [0.15, 0.2) is 0 Å². The number of halogens is 1. The first-order valence-corrected chi connectivity index (χ1v) is 11.1. The zero-order valence-corrected chi connectivity index (χ0v) is 17.9. The van der Waals surface area contributed by atoms with Gasteiger partial charge in [-0.2, -0.15) is 5.10 Å². The number of carbonyl (C=O) groups excluding carboxylic acids is 1. The molecule has 154 valence electrons. The first kappa shape index (κ1) is 19.8. The van der Waals surface area contributed by atoms with Crippen molar-refractivity contribution in [3.05, 3.63) is 112 Å². The summed E-state index contributed by atoms with van der Waals surface area (Å²) in [6.07, 6.45) is 5.32. The highest BCUT2D eigenvalue weighted by Crippen LogP contribution is 2.44. The molecule has 0 saturated heterocycles. The average molecular weight is 427 g/mol. The second-order valence-electron chi connectivity index (χ2n) is 8.08. The highest BCUT2D eigenvalue weighted by atomic mass is 35.5. The SMILES string of the molecule is O=C(c1ccc(Cl)cc1)N1N=C2/C(=C/c3ccccc3)CCC[C@H]2[C@H]1c1ccccc1. The van der Waals surface area contributed by atoms with Crippen LogP contribution in [-0.4, -0.2) is 16.6 Å². The van der Waals surface area contributed by atoms with Crippen LogP contribution in [-0.2, 0) is 0 Å². The lowest BCUT2D eigenvalue weighted by atomic mass is 9.77. The van der Waals surface area contributed by atoms with Crippen LogP contribution >= 0.6 is 11.6 Å². The Hall–Kier alpha value is -3.17. The number of allylic oxidation sites excluding steroid dienone is 1. The van der Waals surface area contributed by atoms with Crippen LogP contribution < -0.4 is 0 Å². The van der Waals surface area contributed by atoms with E-state index in [4.69, 9.17) is 16.7 Å². The summed E-state index contributed by atoms with van der Waals surface area (Å²) in [5, 5.41) is 7.26. The third kappa shape index (κ3) is 3.94. The summed E-state index contributed by atoms with van der Waals surface area (Å²) < 4.78 is 0. The molecule has 2 atom stereocenters. The summed E-state index contributed by atoms with van der Waals surface area (Å²) in [5.41, 5.74) is 5.16. The van der Waals surface area contributed by atoms with Crippen molar-refractivity contribution in [2.24, 2.45) is 11.0 Å². The quantitative estimate of drug-likeness (QED) is 0.454. The number of carbonyl (C=O) groups is 1. The third-order valence-corrected chi connectivity index (χ3v) is 6.33. The molecule has 5 rings (SSSR count). The minimum atomic E-state index is -0.0983. The average Bonchev–Trinajstić information content (AvgIpc) is 3.21. The standard InChI is InChI=1S/C27H23ClN2O/c28-23-16-14-21(15-17-23)27(31)30-26(20-10-5-2-6-11-20)24-13-7-12-22(25(24)29-30)18-19-8-3-1-4-9-19/h1-6,8-11,14-18,24,26H,7,12-13H2/b22-18+/t24-,26-/m1/s1. The van der Waals surface area contributed by atoms with Crippen molar-refractivity contribution >= 4 is 29.3 Å². The second-order valence-corrected chi connectivity index (χ2v) is 8.51. The summed E-state index contributed by atoms with van der Waals surface area (Å²) in [4.78, 5) is 13.5. The van der Waals surface area contributed by atoms with Gasteiger partial charge in [-0.05, 0) is 66.3 Å². The lowest BCUT2D eigenvalue weighted by Gasteiger charge is -2.29. The topological polar surface area (TPSA) is 32.7 Å². The predicted octanol–water partition coefficient (Wildman–Crippen LogP) is 6.78. The lowest BCUT2D eigenvalue weighted by molar-refractivity contribution is 0.0681. The van der Waals surface area contributed by atoms with Gasteiger partial charge >= 0.3 is 0 Å². The Balaban J connectivity index is 1.57. The van der Waals surface area contributed by atoms with Crippen LogP contribution in [0, 0.1) is 5.92 Å². The van der Waals surface area contributed by atoms with Crippen LogP contribution in [0.1, 0.15) is 46.8 Å². The van der Waals surface area contributed by atoms with Gasteiger partial charge in [0.2, 0.25) is 0 Å². The van der Waals surface area contributed by atoms with Gasteiger partial charge in [0.05, 0.1) is 11.8 Å². The van der Waals surface area contributed by atoms with E-state index in [0.29, 0.717) is 10.6 Å². The van der Waals surface area contributed by atoms with E-state index in [1.807, 2.05) is 36.4 Å². The number of fused-ring (bicyclic) bond motifs is 1. The van der Waals surface area contributed by atoms with Crippen LogP contribution in [0.15, 0.2) is 95.6 Å². The summed E-state index contributed by atoms with van der Waals surface area (Å²) in [6.45, 7) is 0. The Morgan fingerprint density at radius 1 is 0.935 bits per heavy atom. The Kier molecular flexibility index (Phi) is 5.44. The summed E-state index contributed by atoms with van der Waals surface area (Å²) in [6, 6.07) is 27.6. The van der Waals surface area contributed by atoms with Gasteiger partial charge in [-0.1, -0.05) is 72.3 Å². The van der Waals surface area contributed by atoms with Crippen LogP contribution in [0.4, 0.5) is 0 Å². The highest BCUT2D eigenvalue weighted by Gasteiger charge is 2.43. The van der Waals surface area contributed by atoms with E-state index in [-0.39, 0.29) is 17.9 Å². The van der Waals surface area contributed by atoms with E-state index in [9.17, 15) is 4.79 Å². The second kappa shape index (κ2) is 8.52. The van der Waals surface area contributed by atoms with E-state index in [2.05, 4.69) is 30.3 Å². The van der Waals surface area contributed by atoms with Crippen molar-refractivity contribution in [2.75, 3.05) is 0 Å². The molecule has 1 fully saturated rings. The van der Waals surface area contributed by atoms with Crippen molar-refractivity contribution in [3.63, 3.8) is 0 Å². The van der Waals surface area contributed by atoms with Crippen LogP contribution in [0.5, 0.6) is 0 Å². The number of hydrogen-bond acceptors (Lipinski definition) is 2. The summed E-state index contributed by atoms with van der Waals surface area (Å²) in [5.74, 6) is 0.105. The molecular weight excluding hydrogens is 404 g/mol. The molecule has 1 heterocycles. The number of hydrogen-bond donors (Lipinski definition) is 0. The molecule has 0 radical (unpaired) electrons. The fraction of sp³-hybridized carbons (Fsp3) is 0.185. The van der Waals surface area contributed by atoms with E-state index >= 15 is 0 Å². The molecule has 1 amide bonds. The normalized spacial score (nSPS) is 21.6. The Morgan fingerprint density at radius 3 is 2.32 bits per heavy atom. The molecule has 31 heavy (non-hydrogen) atoms. The van der Waals surface area contributed by atoms with E-state index in [0.717, 1.165) is 30.5 Å². The van der Waals surface area contributed by atoms with Crippen molar-refractivity contribution in [2.45, 2.75) is 25.3 Å². The predicted molar refractivity (Wildman–Crippen MR) is 126 cm³/mol. The fourth-order valence-electron chi connectivity index (χ4n) is 4.63. The van der Waals surface area contributed by atoms with Crippen molar-refractivity contribution in [1.82, 2.24) is 5.01 Å². The third-order valence-electron chi connectivity index (χ3n) is 6.08. The fourth-order valence-corrected chi connectivity index (χ4v) is 4.75. The van der Waals surface area contributed by atoms with Crippen molar-refractivity contribution in [3.8, 4) is 0 Å². The molecule has 2 aliphatic rings. The van der Waals surface area contributed by atoms with Crippen molar-refractivity contribution < 1.29 is 4.79 Å². The first-order valence-electron chi connectivity index (χ1n) is 10.7. The monoisotopic (exact) mass is 426 g/mol. The minimum Gasteiger partial charge on any atom is -0.267 e. The summed E-state index contributed by atoms with van der Waals surface area (Å²) >= 11 is 6.04. The smallest absolute Gasteiger partial charge is 0.267 e. The van der Waals surface area contributed by atoms with Gasteiger partial charge in [-0.3, -0.25) is 4.79 Å². The minimum absolute atomic E-state index is 0.0912. The molecule has 3 aromatic rings. The molecule has 0 N–H and O–H groups in total. The molecule has 0 spiro atoms. The van der Waals surface area contributed by atoms with Crippen molar-refractivity contribution in [1.29, 1.82) is 0 Å². The molecule has 0 unspecified atom stereocenters. The summed E-state index contributed by atoms with van der Waals surface area (Å²) in [7, 11) is 0. The van der Waals surface area contributed by atoms with E-state index in [1.165, 1.54) is 11.1 Å². The van der Waals surface area contributed by atoms with Gasteiger partial charge in [0.25, 0.3) is 5.91 Å². The van der Waals surface area contributed by atoms with Crippen LogP contribution in [0.3, 0.4) is 0 Å². The van der Waals surface area contributed by atoms with Gasteiger partial charge < -0.3 is 0 Å². The van der Waals surface area contributed by atoms with Crippen LogP contribution in [0.2, 0.25) is 5.02 Å². The molecule has 0 bridgehead atoms. The number of nitrogens with zero attached hydrogens (tertiary/aromatic N) is 2. The Morgan fingerprint density at radius 2 is 1.61 bits per heavy atom. The number of benzene rings is 3. The van der Waals surface area contributed by atoms with Gasteiger partial charge in [0.1, 0.15) is 0 Å². The molecule has 3 aromatic carbocycles. The number of hydrazone groups is 1. The van der Waals surface area contributed by atoms with E-state index < -0.39 is 0 Å². The van der Waals surface area contributed by atoms with Gasteiger partial charge in [-0.25, -0.2) is 5.01 Å². The molecule has 0 aromatic heterocycles. The Bertz CT molecular complexity index is 1140. The van der Waals surface area contributed by atoms with Gasteiger partial charge in [-0.15, -0.1) is 0 Å². The molecule has 4 heteroatoms. The molecule has 3 nitrogen and oxygen atoms in total. The zero-order chi connectivity index (χ0) is 21.2. The van der Waals surface area contributed by atoms with Gasteiger partial charge in [0, 0.05) is 16.5 Å². The maximum Gasteiger partial charge on any atom is 0.274 e. The maximum absolute atomic E-state index is 13.5. The zero-order valence-electron chi connectivity index (χ0n) is 17.1. The number of rotatable bonds is 3. The first-order chi connectivity index (χ1) is 15.2. The highest BCUT2D eigenvalue weighted by molar-refractivity contribution is 6.30. The van der Waals surface area contributed by atoms with Crippen LogP contribution in [0.25, 0.3) is 6.08 Å². The molecule has 1 saturated carbocycles. The Labute approximate surface area is 187 Å². The molecule has 1 aliphatic heterocycles. The molecule has 1 aliphatic carbocycles.